The van der Waals surface area contributed by atoms with Crippen LogP contribution in [0.4, 0.5) is 11.4 Å². The average molecular weight is 534 g/mol. The lowest BCUT2D eigenvalue weighted by atomic mass is 9.71. The van der Waals surface area contributed by atoms with Crippen LogP contribution in [0, 0.1) is 20.9 Å². The Labute approximate surface area is 225 Å². The zero-order valence-electron chi connectivity index (χ0n) is 21.6. The predicted molar refractivity (Wildman–Crippen MR) is 151 cm³/mol. The van der Waals surface area contributed by atoms with Crippen LogP contribution in [0.3, 0.4) is 0 Å². The number of thiophene rings is 1. The minimum Gasteiger partial charge on any atom is -0.289 e. The summed E-state index contributed by atoms with van der Waals surface area (Å²) >= 11 is 8.39. The van der Waals surface area contributed by atoms with Crippen LogP contribution in [0.2, 0.25) is 5.02 Å². The van der Waals surface area contributed by atoms with E-state index >= 15 is 0 Å². The van der Waals surface area contributed by atoms with E-state index in [4.69, 9.17) is 11.6 Å². The Morgan fingerprint density at radius 3 is 2.00 bits per heavy atom. The number of nitro benzene ring substituents is 1. The second-order valence-electron chi connectivity index (χ2n) is 11.0. The van der Waals surface area contributed by atoms with E-state index in [1.807, 2.05) is 78.0 Å². The van der Waals surface area contributed by atoms with Gasteiger partial charge in [0, 0.05) is 38.9 Å². The SMILES string of the molecule is CC(C)(C)C1=CC(=C(N=Nc2ccc([N+](=O)[O-])cc2)c2sc3ccccc3c2Cl)C=C(C(C)(C)C)C1=O. The van der Waals surface area contributed by atoms with Crippen molar-refractivity contribution >= 4 is 55.9 Å². The molecular weight excluding hydrogens is 506 g/mol. The van der Waals surface area contributed by atoms with Gasteiger partial charge in [0.05, 0.1) is 20.5 Å². The van der Waals surface area contributed by atoms with Crippen molar-refractivity contribution in [2.75, 3.05) is 0 Å². The fourth-order valence-corrected chi connectivity index (χ4v) is 5.56. The van der Waals surface area contributed by atoms with Crippen molar-refractivity contribution in [2.24, 2.45) is 21.1 Å². The Morgan fingerprint density at radius 1 is 0.919 bits per heavy atom. The molecule has 0 fully saturated rings. The highest BCUT2D eigenvalue weighted by Crippen LogP contribution is 2.45. The summed E-state index contributed by atoms with van der Waals surface area (Å²) in [6.07, 6.45) is 3.78. The minimum absolute atomic E-state index is 0.0219. The van der Waals surface area contributed by atoms with Crippen molar-refractivity contribution in [3.8, 4) is 0 Å². The van der Waals surface area contributed by atoms with E-state index in [1.165, 1.54) is 23.5 Å². The largest absolute Gasteiger partial charge is 0.289 e. The van der Waals surface area contributed by atoms with Gasteiger partial charge in [-0.05, 0) is 41.2 Å². The normalized spacial score (nSPS) is 14.8. The maximum absolute atomic E-state index is 13.5. The summed E-state index contributed by atoms with van der Waals surface area (Å²) < 4.78 is 1.01. The Kier molecular flexibility index (Phi) is 7.06. The van der Waals surface area contributed by atoms with E-state index in [0.717, 1.165) is 20.5 Å². The third-order valence-corrected chi connectivity index (χ3v) is 7.74. The minimum atomic E-state index is -0.456. The van der Waals surface area contributed by atoms with Crippen LogP contribution in [0.15, 0.2) is 87.6 Å². The molecule has 0 radical (unpaired) electrons. The summed E-state index contributed by atoms with van der Waals surface area (Å²) in [6, 6.07) is 13.7. The quantitative estimate of drug-likeness (QED) is 0.190. The van der Waals surface area contributed by atoms with Crippen molar-refractivity contribution in [3.63, 3.8) is 0 Å². The second kappa shape index (κ2) is 9.80. The summed E-state index contributed by atoms with van der Waals surface area (Å²) in [6.45, 7) is 12.1. The number of fused-ring (bicyclic) bond motifs is 1. The van der Waals surface area contributed by atoms with Gasteiger partial charge in [-0.1, -0.05) is 71.3 Å². The molecule has 1 aromatic heterocycles. The number of benzene rings is 2. The van der Waals surface area contributed by atoms with E-state index in [2.05, 4.69) is 10.2 Å². The molecule has 4 rings (SSSR count). The lowest BCUT2D eigenvalue weighted by molar-refractivity contribution is -0.384. The van der Waals surface area contributed by atoms with Crippen molar-refractivity contribution < 1.29 is 9.72 Å². The van der Waals surface area contributed by atoms with Gasteiger partial charge in [0.15, 0.2) is 5.78 Å². The standard InChI is InChI=1S/C29H28ClN3O3S/c1-28(2,3)21-15-17(16-22(26(21)34)29(4,5)6)25(27-24(30)20-9-7-8-10-23(20)37-27)32-31-18-11-13-19(14-12-18)33(35)36/h7-16H,1-6H3. The number of azo groups is 1. The molecule has 37 heavy (non-hydrogen) atoms. The fourth-order valence-electron chi connectivity index (χ4n) is 4.03. The first-order chi connectivity index (χ1) is 17.3. The first-order valence-electron chi connectivity index (χ1n) is 11.8. The topological polar surface area (TPSA) is 84.9 Å². The number of hydrogen-bond donors (Lipinski definition) is 0. The smallest absolute Gasteiger partial charge is 0.269 e. The van der Waals surface area contributed by atoms with Crippen molar-refractivity contribution in [1.82, 2.24) is 0 Å². The van der Waals surface area contributed by atoms with Crippen LogP contribution in [0.1, 0.15) is 46.4 Å². The number of ketones is 1. The van der Waals surface area contributed by atoms with Gasteiger partial charge in [-0.15, -0.1) is 16.5 Å². The van der Waals surface area contributed by atoms with Crippen LogP contribution in [0.25, 0.3) is 15.8 Å². The molecule has 0 aliphatic heterocycles. The highest BCUT2D eigenvalue weighted by Gasteiger charge is 2.35. The molecule has 0 saturated heterocycles. The van der Waals surface area contributed by atoms with Gasteiger partial charge in [-0.3, -0.25) is 14.9 Å². The molecule has 6 nitrogen and oxygen atoms in total. The molecule has 0 spiro atoms. The van der Waals surface area contributed by atoms with Gasteiger partial charge in [0.2, 0.25) is 0 Å². The molecule has 0 atom stereocenters. The Hall–Kier alpha value is -3.42. The average Bonchev–Trinajstić information content (AvgIpc) is 3.15. The number of non-ortho nitro benzene ring substituents is 1. The number of halogens is 1. The maximum Gasteiger partial charge on any atom is 0.269 e. The number of allylic oxidation sites excluding steroid dienone is 5. The summed E-state index contributed by atoms with van der Waals surface area (Å²) in [4.78, 5) is 24.8. The lowest BCUT2D eigenvalue weighted by Crippen LogP contribution is -2.28. The van der Waals surface area contributed by atoms with E-state index in [9.17, 15) is 14.9 Å². The van der Waals surface area contributed by atoms with Crippen LogP contribution >= 0.6 is 22.9 Å². The van der Waals surface area contributed by atoms with Gasteiger partial charge in [0.1, 0.15) is 5.70 Å². The first kappa shape index (κ1) is 26.6. The van der Waals surface area contributed by atoms with E-state index in [-0.39, 0.29) is 11.5 Å². The maximum atomic E-state index is 13.5. The van der Waals surface area contributed by atoms with Crippen LogP contribution in [0.5, 0.6) is 0 Å². The van der Waals surface area contributed by atoms with Crippen molar-refractivity contribution in [3.05, 3.63) is 97.4 Å². The van der Waals surface area contributed by atoms with Gasteiger partial charge in [-0.2, -0.15) is 5.11 Å². The number of carbonyl (C=O) groups excluding carboxylic acids is 1. The summed E-state index contributed by atoms with van der Waals surface area (Å²) in [7, 11) is 0. The van der Waals surface area contributed by atoms with Crippen molar-refractivity contribution in [1.29, 1.82) is 0 Å². The second-order valence-corrected chi connectivity index (χ2v) is 12.4. The number of nitrogens with zero attached hydrogens (tertiary/aromatic N) is 3. The van der Waals surface area contributed by atoms with Crippen molar-refractivity contribution in [2.45, 2.75) is 41.5 Å². The van der Waals surface area contributed by atoms with Gasteiger partial charge in [-0.25, -0.2) is 0 Å². The monoisotopic (exact) mass is 533 g/mol. The molecule has 0 unspecified atom stereocenters. The number of Topliss-reactive ketones (excluding diaryl/α,β-unsaturated/α-hetero) is 1. The lowest BCUT2D eigenvalue weighted by Gasteiger charge is -2.31. The zero-order chi connectivity index (χ0) is 27.1. The highest BCUT2D eigenvalue weighted by molar-refractivity contribution is 7.20. The summed E-state index contributed by atoms with van der Waals surface area (Å²) in [5, 5.41) is 21.6. The number of carbonyl (C=O) groups is 1. The third-order valence-electron chi connectivity index (χ3n) is 6.05. The van der Waals surface area contributed by atoms with Gasteiger partial charge in [0.25, 0.3) is 5.69 Å². The molecule has 3 aromatic rings. The molecule has 1 aliphatic carbocycles. The van der Waals surface area contributed by atoms with E-state index < -0.39 is 15.8 Å². The zero-order valence-corrected chi connectivity index (χ0v) is 23.2. The molecule has 0 N–H and O–H groups in total. The highest BCUT2D eigenvalue weighted by atomic mass is 35.5. The van der Waals surface area contributed by atoms with Gasteiger partial charge < -0.3 is 0 Å². The number of hydrogen-bond acceptors (Lipinski definition) is 6. The molecular formula is C29H28ClN3O3S. The first-order valence-corrected chi connectivity index (χ1v) is 13.0. The third kappa shape index (κ3) is 5.48. The number of rotatable bonds is 4. The molecule has 0 amide bonds. The molecule has 190 valence electrons. The molecule has 8 heteroatoms. The van der Waals surface area contributed by atoms with E-state index in [1.54, 1.807) is 12.1 Å². The molecule has 0 bridgehead atoms. The van der Waals surface area contributed by atoms with Gasteiger partial charge >= 0.3 is 0 Å². The number of nitro groups is 1. The molecule has 0 saturated carbocycles. The van der Waals surface area contributed by atoms with E-state index in [0.29, 0.717) is 27.6 Å². The Morgan fingerprint density at radius 2 is 1.49 bits per heavy atom. The summed E-state index contributed by atoms with van der Waals surface area (Å²) in [5.74, 6) is 0.0258. The Balaban J connectivity index is 2.00. The fraction of sp³-hybridized carbons (Fsp3) is 0.276. The Bertz CT molecular complexity index is 1490. The summed E-state index contributed by atoms with van der Waals surface area (Å²) in [5.41, 5.74) is 2.33. The van der Waals surface area contributed by atoms with Crippen LogP contribution < -0.4 is 0 Å². The van der Waals surface area contributed by atoms with Crippen LogP contribution in [-0.4, -0.2) is 10.7 Å². The molecule has 2 aromatic carbocycles. The predicted octanol–water partition coefficient (Wildman–Crippen LogP) is 9.49. The van der Waals surface area contributed by atoms with Crippen LogP contribution in [-0.2, 0) is 4.79 Å². The molecule has 1 aliphatic rings. The molecule has 1 heterocycles.